The number of carboxylic acids is 1. The third-order valence-electron chi connectivity index (χ3n) is 1.55. The van der Waals surface area contributed by atoms with Crippen molar-refractivity contribution in [1.82, 2.24) is 0 Å². The van der Waals surface area contributed by atoms with Crippen LogP contribution in [0.3, 0.4) is 0 Å². The zero-order valence-electron chi connectivity index (χ0n) is 6.61. The van der Waals surface area contributed by atoms with Crippen LogP contribution in [0.25, 0.3) is 9.40 Å². The summed E-state index contributed by atoms with van der Waals surface area (Å²) in [6, 6.07) is 4.02. The van der Waals surface area contributed by atoms with Gasteiger partial charge in [0.05, 0.1) is 5.00 Å². The van der Waals surface area contributed by atoms with Gasteiger partial charge in [0.25, 0.3) is 0 Å². The summed E-state index contributed by atoms with van der Waals surface area (Å²) in [6.07, 6.45) is 0. The smallest absolute Gasteiger partial charge is 0.322 e. The lowest BCUT2D eigenvalue weighted by atomic mass is 10.5. The Labute approximate surface area is 82.6 Å². The number of thiophene rings is 2. The Morgan fingerprint density at radius 2 is 2.38 bits per heavy atom. The van der Waals surface area contributed by atoms with Crippen molar-refractivity contribution in [3.05, 3.63) is 17.5 Å². The summed E-state index contributed by atoms with van der Waals surface area (Å²) >= 11 is 3.25. The first kappa shape index (κ1) is 8.52. The normalized spacial score (nSPS) is 10.5. The number of nitrogens with one attached hydrogen (secondary N) is 1. The van der Waals surface area contributed by atoms with E-state index < -0.39 is 5.97 Å². The molecule has 0 bridgehead atoms. The number of rotatable bonds is 3. The molecule has 0 spiro atoms. The van der Waals surface area contributed by atoms with Crippen LogP contribution in [-0.2, 0) is 4.79 Å². The van der Waals surface area contributed by atoms with Gasteiger partial charge in [-0.15, -0.1) is 22.7 Å². The number of carboxylic acid groups (broad SMARTS) is 1. The SMILES string of the molecule is O=C(O)CNc1cc2sccc2s1. The molecular formula is C8H7NO2S2. The Bertz CT molecular complexity index is 403. The van der Waals surface area contributed by atoms with Gasteiger partial charge in [0.15, 0.2) is 0 Å². The monoisotopic (exact) mass is 213 g/mol. The number of anilines is 1. The van der Waals surface area contributed by atoms with Crippen molar-refractivity contribution in [2.75, 3.05) is 11.9 Å². The average Bonchev–Trinajstić information content (AvgIpc) is 2.58. The van der Waals surface area contributed by atoms with Gasteiger partial charge >= 0.3 is 5.97 Å². The molecule has 0 amide bonds. The van der Waals surface area contributed by atoms with Gasteiger partial charge in [0, 0.05) is 9.40 Å². The minimum Gasteiger partial charge on any atom is -0.480 e. The summed E-state index contributed by atoms with van der Waals surface area (Å²) in [7, 11) is 0. The molecule has 0 unspecified atom stereocenters. The zero-order chi connectivity index (χ0) is 9.26. The molecule has 0 aliphatic heterocycles. The Balaban J connectivity index is 2.15. The lowest BCUT2D eigenvalue weighted by Crippen LogP contribution is -2.11. The molecule has 0 saturated heterocycles. The largest absolute Gasteiger partial charge is 0.480 e. The molecule has 2 N–H and O–H groups in total. The Hall–Kier alpha value is -1.07. The number of carbonyl (C=O) groups is 1. The van der Waals surface area contributed by atoms with E-state index in [2.05, 4.69) is 5.32 Å². The first-order valence-electron chi connectivity index (χ1n) is 3.68. The summed E-state index contributed by atoms with van der Waals surface area (Å²) in [5.41, 5.74) is 0. The van der Waals surface area contributed by atoms with Crippen LogP contribution >= 0.6 is 22.7 Å². The maximum absolute atomic E-state index is 10.3. The summed E-state index contributed by atoms with van der Waals surface area (Å²) < 4.78 is 2.41. The quantitative estimate of drug-likeness (QED) is 0.823. The second-order valence-corrected chi connectivity index (χ2v) is 4.54. The molecule has 2 rings (SSSR count). The molecule has 0 fully saturated rings. The summed E-state index contributed by atoms with van der Waals surface area (Å²) in [6.45, 7) is -0.0201. The topological polar surface area (TPSA) is 49.3 Å². The van der Waals surface area contributed by atoms with Crippen LogP contribution in [0.15, 0.2) is 17.5 Å². The van der Waals surface area contributed by atoms with Gasteiger partial charge < -0.3 is 10.4 Å². The zero-order valence-corrected chi connectivity index (χ0v) is 8.24. The number of aliphatic carboxylic acids is 1. The fraction of sp³-hybridized carbons (Fsp3) is 0.125. The van der Waals surface area contributed by atoms with Crippen LogP contribution in [0.4, 0.5) is 5.00 Å². The third kappa shape index (κ3) is 1.81. The highest BCUT2D eigenvalue weighted by Crippen LogP contribution is 2.33. The highest BCUT2D eigenvalue weighted by Gasteiger charge is 2.03. The van der Waals surface area contributed by atoms with Crippen LogP contribution in [-0.4, -0.2) is 17.6 Å². The van der Waals surface area contributed by atoms with Gasteiger partial charge in [0.2, 0.25) is 0 Å². The average molecular weight is 213 g/mol. The van der Waals surface area contributed by atoms with E-state index in [1.165, 1.54) is 9.40 Å². The third-order valence-corrected chi connectivity index (χ3v) is 3.60. The van der Waals surface area contributed by atoms with Crippen LogP contribution < -0.4 is 5.32 Å². The lowest BCUT2D eigenvalue weighted by molar-refractivity contribution is -0.134. The molecular weight excluding hydrogens is 206 g/mol. The molecule has 0 aliphatic carbocycles. The molecule has 3 nitrogen and oxygen atoms in total. The van der Waals surface area contributed by atoms with Gasteiger partial charge in [-0.3, -0.25) is 4.79 Å². The first-order valence-corrected chi connectivity index (χ1v) is 5.38. The molecule has 13 heavy (non-hydrogen) atoms. The lowest BCUT2D eigenvalue weighted by Gasteiger charge is -1.96. The Morgan fingerprint density at radius 3 is 3.08 bits per heavy atom. The van der Waals surface area contributed by atoms with Crippen LogP contribution in [0.2, 0.25) is 0 Å². The summed E-state index contributed by atoms with van der Waals surface area (Å²) in [4.78, 5) is 10.3. The van der Waals surface area contributed by atoms with Gasteiger partial charge in [-0.25, -0.2) is 0 Å². The second kappa shape index (κ2) is 3.35. The van der Waals surface area contributed by atoms with Crippen molar-refractivity contribution in [2.24, 2.45) is 0 Å². The van der Waals surface area contributed by atoms with Gasteiger partial charge in [-0.2, -0.15) is 0 Å². The molecule has 2 aromatic heterocycles. The van der Waals surface area contributed by atoms with Crippen molar-refractivity contribution in [1.29, 1.82) is 0 Å². The molecule has 0 radical (unpaired) electrons. The fourth-order valence-electron chi connectivity index (χ4n) is 1.02. The van der Waals surface area contributed by atoms with Crippen LogP contribution in [0.1, 0.15) is 0 Å². The molecule has 0 saturated carbocycles. The maximum atomic E-state index is 10.3. The van der Waals surface area contributed by atoms with E-state index in [-0.39, 0.29) is 6.54 Å². The summed E-state index contributed by atoms with van der Waals surface area (Å²) in [5, 5.41) is 14.2. The molecule has 0 atom stereocenters. The predicted octanol–water partition coefficient (Wildman–Crippen LogP) is 2.46. The second-order valence-electron chi connectivity index (χ2n) is 2.51. The van der Waals surface area contributed by atoms with Crippen LogP contribution in [0.5, 0.6) is 0 Å². The molecule has 68 valence electrons. The number of fused-ring (bicyclic) bond motifs is 1. The molecule has 0 aromatic carbocycles. The molecule has 2 heterocycles. The van der Waals surface area contributed by atoms with E-state index in [9.17, 15) is 4.79 Å². The summed E-state index contributed by atoms with van der Waals surface area (Å²) in [5.74, 6) is -0.836. The molecule has 0 aliphatic rings. The fourth-order valence-corrected chi connectivity index (χ4v) is 3.02. The highest BCUT2D eigenvalue weighted by molar-refractivity contribution is 7.29. The minimum atomic E-state index is -0.836. The van der Waals surface area contributed by atoms with Crippen molar-refractivity contribution < 1.29 is 9.90 Å². The van der Waals surface area contributed by atoms with E-state index in [1.807, 2.05) is 17.5 Å². The minimum absolute atomic E-state index is 0.0201. The van der Waals surface area contributed by atoms with Gasteiger partial charge in [-0.1, -0.05) is 0 Å². The Morgan fingerprint density at radius 1 is 1.54 bits per heavy atom. The van der Waals surface area contributed by atoms with Crippen molar-refractivity contribution in [2.45, 2.75) is 0 Å². The molecule has 2 aromatic rings. The highest BCUT2D eigenvalue weighted by atomic mass is 32.1. The number of hydrogen-bond donors (Lipinski definition) is 2. The predicted molar refractivity (Wildman–Crippen MR) is 55.8 cm³/mol. The molecule has 5 heteroatoms. The van der Waals surface area contributed by atoms with Gasteiger partial charge in [-0.05, 0) is 17.5 Å². The van der Waals surface area contributed by atoms with E-state index in [4.69, 9.17) is 5.11 Å². The van der Waals surface area contributed by atoms with E-state index >= 15 is 0 Å². The van der Waals surface area contributed by atoms with E-state index in [0.29, 0.717) is 0 Å². The Kier molecular flexibility index (Phi) is 2.20. The standard InChI is InChI=1S/C8H7NO2S2/c10-8(11)4-9-7-3-6-5(13-7)1-2-12-6/h1-3,9H,4H2,(H,10,11). The van der Waals surface area contributed by atoms with E-state index in [1.54, 1.807) is 22.7 Å². The first-order chi connectivity index (χ1) is 6.25. The maximum Gasteiger partial charge on any atom is 0.322 e. The van der Waals surface area contributed by atoms with Crippen molar-refractivity contribution in [3.63, 3.8) is 0 Å². The van der Waals surface area contributed by atoms with Crippen molar-refractivity contribution in [3.8, 4) is 0 Å². The van der Waals surface area contributed by atoms with Crippen LogP contribution in [0, 0.1) is 0 Å². The number of hydrogen-bond acceptors (Lipinski definition) is 4. The van der Waals surface area contributed by atoms with Gasteiger partial charge in [0.1, 0.15) is 6.54 Å². The van der Waals surface area contributed by atoms with Crippen molar-refractivity contribution >= 4 is 43.0 Å². The van der Waals surface area contributed by atoms with E-state index in [0.717, 1.165) is 5.00 Å².